The molecule has 0 bridgehead atoms. The molecule has 0 saturated heterocycles. The minimum absolute atomic E-state index is 0.143. The predicted octanol–water partition coefficient (Wildman–Crippen LogP) is 4.73. The highest BCUT2D eigenvalue weighted by Crippen LogP contribution is 2.34. The number of benzene rings is 2. The van der Waals surface area contributed by atoms with E-state index in [0.29, 0.717) is 16.4 Å². The third-order valence-corrected chi connectivity index (χ3v) is 4.81. The van der Waals surface area contributed by atoms with Crippen LogP contribution >= 0.6 is 11.3 Å². The molecule has 1 amide bonds. The Hall–Kier alpha value is -3.83. The third kappa shape index (κ3) is 3.39. The van der Waals surface area contributed by atoms with E-state index >= 15 is 0 Å². The van der Waals surface area contributed by atoms with E-state index in [2.05, 4.69) is 15.5 Å². The van der Waals surface area contributed by atoms with Gasteiger partial charge in [0.1, 0.15) is 10.7 Å². The summed E-state index contributed by atoms with van der Waals surface area (Å²) in [6.07, 6.45) is 0. The lowest BCUT2D eigenvalue weighted by molar-refractivity contribution is 0.102. The number of halogens is 1. The van der Waals surface area contributed by atoms with Crippen LogP contribution in [0.3, 0.4) is 0 Å². The maximum Gasteiger partial charge on any atom is 0.270 e. The van der Waals surface area contributed by atoms with Crippen LogP contribution in [0.4, 0.5) is 10.1 Å². The summed E-state index contributed by atoms with van der Waals surface area (Å²) >= 11 is 1.31. The molecular formula is C20H11FN4O2S. The quantitative estimate of drug-likeness (QED) is 0.544. The van der Waals surface area contributed by atoms with Crippen molar-refractivity contribution in [3.63, 3.8) is 0 Å². The zero-order valence-electron chi connectivity index (χ0n) is 14.2. The van der Waals surface area contributed by atoms with Crippen molar-refractivity contribution in [2.45, 2.75) is 0 Å². The van der Waals surface area contributed by atoms with Gasteiger partial charge in [-0.1, -0.05) is 35.5 Å². The van der Waals surface area contributed by atoms with Gasteiger partial charge in [-0.15, -0.1) is 11.3 Å². The van der Waals surface area contributed by atoms with Gasteiger partial charge < -0.3 is 9.84 Å². The fraction of sp³-hybridized carbons (Fsp3) is 0. The van der Waals surface area contributed by atoms with Crippen molar-refractivity contribution in [1.82, 2.24) is 10.1 Å². The summed E-state index contributed by atoms with van der Waals surface area (Å²) in [5, 5.41) is 17.2. The fourth-order valence-electron chi connectivity index (χ4n) is 2.55. The second kappa shape index (κ2) is 7.42. The van der Waals surface area contributed by atoms with Crippen LogP contribution in [-0.2, 0) is 0 Å². The first-order valence-corrected chi connectivity index (χ1v) is 9.01. The minimum atomic E-state index is -0.766. The van der Waals surface area contributed by atoms with Crippen LogP contribution in [0.15, 0.2) is 64.5 Å². The molecule has 2 aromatic heterocycles. The number of carbonyl (C=O) groups is 1. The second-order valence-corrected chi connectivity index (χ2v) is 6.63. The molecule has 136 valence electrons. The summed E-state index contributed by atoms with van der Waals surface area (Å²) in [6, 6.07) is 16.5. The van der Waals surface area contributed by atoms with E-state index in [-0.39, 0.29) is 17.0 Å². The molecule has 0 aliphatic heterocycles. The van der Waals surface area contributed by atoms with Gasteiger partial charge >= 0.3 is 0 Å². The molecule has 0 spiro atoms. The first-order valence-electron chi connectivity index (χ1n) is 8.13. The second-order valence-electron chi connectivity index (χ2n) is 5.71. The molecule has 8 heteroatoms. The molecule has 0 saturated carbocycles. The number of hydrogen-bond acceptors (Lipinski definition) is 6. The maximum absolute atomic E-state index is 14.1. The average molecular weight is 390 g/mol. The smallest absolute Gasteiger partial charge is 0.270 e. The van der Waals surface area contributed by atoms with Crippen LogP contribution in [0, 0.1) is 17.1 Å². The highest BCUT2D eigenvalue weighted by Gasteiger charge is 2.19. The zero-order valence-corrected chi connectivity index (χ0v) is 15.0. The number of thiophene rings is 1. The van der Waals surface area contributed by atoms with Crippen LogP contribution in [0.2, 0.25) is 0 Å². The van der Waals surface area contributed by atoms with Crippen LogP contribution in [0.25, 0.3) is 22.2 Å². The topological polar surface area (TPSA) is 91.8 Å². The molecule has 0 fully saturated rings. The monoisotopic (exact) mass is 390 g/mol. The molecule has 6 nitrogen and oxygen atoms in total. The maximum atomic E-state index is 14.1. The van der Waals surface area contributed by atoms with E-state index in [1.807, 2.05) is 36.4 Å². The molecule has 0 atom stereocenters. The van der Waals surface area contributed by atoms with Crippen LogP contribution in [0.5, 0.6) is 0 Å². The van der Waals surface area contributed by atoms with Crippen LogP contribution in [-0.4, -0.2) is 16.0 Å². The fourth-order valence-corrected chi connectivity index (χ4v) is 3.32. The standard InChI is InChI=1S/C20H11FN4O2S/c21-15-10-12(11-22)6-7-14(15)19(26)23-16-8-9-28-17(16)20-24-18(25-27-20)13-4-2-1-3-5-13/h1-10H,(H,23,26). The van der Waals surface area contributed by atoms with Crippen molar-refractivity contribution >= 4 is 22.9 Å². The molecular weight excluding hydrogens is 379 g/mol. The Morgan fingerprint density at radius 1 is 1.18 bits per heavy atom. The molecule has 2 aromatic carbocycles. The van der Waals surface area contributed by atoms with Gasteiger partial charge in [0.2, 0.25) is 5.82 Å². The van der Waals surface area contributed by atoms with Crippen LogP contribution < -0.4 is 5.32 Å². The highest BCUT2D eigenvalue weighted by atomic mass is 32.1. The lowest BCUT2D eigenvalue weighted by Gasteiger charge is -2.06. The lowest BCUT2D eigenvalue weighted by atomic mass is 10.1. The van der Waals surface area contributed by atoms with Gasteiger partial charge in [-0.05, 0) is 29.6 Å². The average Bonchev–Trinajstić information content (AvgIpc) is 3.37. The summed E-state index contributed by atoms with van der Waals surface area (Å²) in [6.45, 7) is 0. The predicted molar refractivity (Wildman–Crippen MR) is 102 cm³/mol. The molecule has 0 radical (unpaired) electrons. The van der Waals surface area contributed by atoms with Gasteiger partial charge in [0.25, 0.3) is 11.8 Å². The molecule has 0 aliphatic carbocycles. The third-order valence-electron chi connectivity index (χ3n) is 3.91. The number of nitriles is 1. The summed E-state index contributed by atoms with van der Waals surface area (Å²) in [5.74, 6) is -0.717. The highest BCUT2D eigenvalue weighted by molar-refractivity contribution is 7.14. The molecule has 0 aliphatic rings. The van der Waals surface area contributed by atoms with Gasteiger partial charge in [0, 0.05) is 5.56 Å². The Morgan fingerprint density at radius 3 is 2.75 bits per heavy atom. The molecule has 1 N–H and O–H groups in total. The number of aromatic nitrogens is 2. The van der Waals surface area contributed by atoms with Gasteiger partial charge in [-0.3, -0.25) is 4.79 Å². The van der Waals surface area contributed by atoms with Crippen molar-refractivity contribution in [1.29, 1.82) is 5.26 Å². The largest absolute Gasteiger partial charge is 0.333 e. The Kier molecular flexibility index (Phi) is 4.66. The summed E-state index contributed by atoms with van der Waals surface area (Å²) in [4.78, 5) is 17.4. The number of amides is 1. The SMILES string of the molecule is N#Cc1ccc(C(=O)Nc2ccsc2-c2nc(-c3ccccc3)no2)c(F)c1. The van der Waals surface area contributed by atoms with E-state index < -0.39 is 11.7 Å². The van der Waals surface area contributed by atoms with Gasteiger partial charge in [0.15, 0.2) is 0 Å². The van der Waals surface area contributed by atoms with E-state index in [1.165, 1.54) is 23.5 Å². The van der Waals surface area contributed by atoms with Gasteiger partial charge in [-0.2, -0.15) is 10.2 Å². The Balaban J connectivity index is 1.59. The molecule has 0 unspecified atom stereocenters. The van der Waals surface area contributed by atoms with Crippen molar-refractivity contribution in [3.8, 4) is 28.2 Å². The summed E-state index contributed by atoms with van der Waals surface area (Å²) < 4.78 is 19.4. The number of carbonyl (C=O) groups excluding carboxylic acids is 1. The van der Waals surface area contributed by atoms with Crippen molar-refractivity contribution in [2.24, 2.45) is 0 Å². The Labute approximate surface area is 162 Å². The van der Waals surface area contributed by atoms with Gasteiger partial charge in [0.05, 0.1) is 22.9 Å². The van der Waals surface area contributed by atoms with E-state index in [4.69, 9.17) is 9.78 Å². The van der Waals surface area contributed by atoms with E-state index in [1.54, 1.807) is 11.4 Å². The van der Waals surface area contributed by atoms with E-state index in [0.717, 1.165) is 11.6 Å². The first-order chi connectivity index (χ1) is 13.7. The minimum Gasteiger partial charge on any atom is -0.333 e. The first kappa shape index (κ1) is 17.6. The Bertz CT molecular complexity index is 1190. The molecule has 4 aromatic rings. The lowest BCUT2D eigenvalue weighted by Crippen LogP contribution is -2.13. The number of rotatable bonds is 4. The number of nitrogens with one attached hydrogen (secondary N) is 1. The van der Waals surface area contributed by atoms with Crippen LogP contribution in [0.1, 0.15) is 15.9 Å². The normalized spacial score (nSPS) is 10.4. The van der Waals surface area contributed by atoms with Crippen molar-refractivity contribution < 1.29 is 13.7 Å². The van der Waals surface area contributed by atoms with Gasteiger partial charge in [-0.25, -0.2) is 4.39 Å². The molecule has 28 heavy (non-hydrogen) atoms. The number of nitrogens with zero attached hydrogens (tertiary/aromatic N) is 3. The molecule has 2 heterocycles. The number of hydrogen-bond donors (Lipinski definition) is 1. The Morgan fingerprint density at radius 2 is 2.00 bits per heavy atom. The zero-order chi connectivity index (χ0) is 19.5. The molecule has 4 rings (SSSR count). The summed E-state index contributed by atoms with van der Waals surface area (Å²) in [5.41, 5.74) is 1.22. The number of anilines is 1. The van der Waals surface area contributed by atoms with Crippen molar-refractivity contribution in [2.75, 3.05) is 5.32 Å². The van der Waals surface area contributed by atoms with E-state index in [9.17, 15) is 9.18 Å². The van der Waals surface area contributed by atoms with Crippen molar-refractivity contribution in [3.05, 3.63) is 76.9 Å². The summed E-state index contributed by atoms with van der Waals surface area (Å²) in [7, 11) is 0.